The highest BCUT2D eigenvalue weighted by molar-refractivity contribution is 5.10. The van der Waals surface area contributed by atoms with Crippen LogP contribution in [0.3, 0.4) is 0 Å². The highest BCUT2D eigenvalue weighted by Crippen LogP contribution is 2.44. The van der Waals surface area contributed by atoms with Crippen LogP contribution in [0.2, 0.25) is 0 Å². The van der Waals surface area contributed by atoms with Crippen molar-refractivity contribution in [2.24, 2.45) is 0 Å². The molecular formula is C15H23N3O2. The topological polar surface area (TPSA) is 60.2 Å². The standard InChI is InChI=1S/C15H23N3O2/c1-2-16-12-5-3-4-10(12)15-17-14(18-20-15)11-8-9-6-7-13(11)19-9/h9-13,16H,2-8H2,1H3. The fourth-order valence-corrected chi connectivity index (χ4v) is 4.22. The predicted molar refractivity (Wildman–Crippen MR) is 73.6 cm³/mol. The summed E-state index contributed by atoms with van der Waals surface area (Å²) in [6, 6.07) is 0.504. The molecule has 0 spiro atoms. The summed E-state index contributed by atoms with van der Waals surface area (Å²) in [5.74, 6) is 2.49. The Bertz CT molecular complexity index is 475. The molecule has 5 heteroatoms. The highest BCUT2D eigenvalue weighted by Gasteiger charge is 2.44. The maximum atomic E-state index is 5.90. The average molecular weight is 277 g/mol. The number of fused-ring (bicyclic) bond motifs is 2. The van der Waals surface area contributed by atoms with Crippen molar-refractivity contribution in [3.63, 3.8) is 0 Å². The third-order valence-electron chi connectivity index (χ3n) is 5.19. The van der Waals surface area contributed by atoms with E-state index < -0.39 is 0 Å². The summed E-state index contributed by atoms with van der Waals surface area (Å²) in [4.78, 5) is 4.73. The van der Waals surface area contributed by atoms with Crippen molar-refractivity contribution in [3.05, 3.63) is 11.7 Å². The van der Waals surface area contributed by atoms with Crippen LogP contribution in [0.25, 0.3) is 0 Å². The summed E-state index contributed by atoms with van der Waals surface area (Å²) in [6.45, 7) is 3.16. The van der Waals surface area contributed by atoms with Gasteiger partial charge in [0.2, 0.25) is 5.89 Å². The number of ether oxygens (including phenoxy) is 1. The molecule has 2 saturated heterocycles. The number of hydrogen-bond acceptors (Lipinski definition) is 5. The summed E-state index contributed by atoms with van der Waals surface area (Å²) >= 11 is 0. The number of hydrogen-bond donors (Lipinski definition) is 1. The molecule has 1 N–H and O–H groups in total. The first-order chi connectivity index (χ1) is 9.85. The Morgan fingerprint density at radius 1 is 1.20 bits per heavy atom. The third-order valence-corrected chi connectivity index (χ3v) is 5.19. The fraction of sp³-hybridized carbons (Fsp3) is 0.867. The lowest BCUT2D eigenvalue weighted by atomic mass is 9.89. The summed E-state index contributed by atoms with van der Waals surface area (Å²) in [7, 11) is 0. The van der Waals surface area contributed by atoms with Gasteiger partial charge in [-0.3, -0.25) is 0 Å². The Balaban J connectivity index is 1.50. The summed E-state index contributed by atoms with van der Waals surface area (Å²) in [5.41, 5.74) is 0. The Labute approximate surface area is 119 Å². The van der Waals surface area contributed by atoms with Crippen LogP contribution in [0.5, 0.6) is 0 Å². The number of aromatic nitrogens is 2. The number of nitrogens with zero attached hydrogens (tertiary/aromatic N) is 2. The number of likely N-dealkylation sites (N-methyl/N-ethyl adjacent to an activating group) is 1. The molecule has 5 unspecified atom stereocenters. The van der Waals surface area contributed by atoms with E-state index in [1.54, 1.807) is 0 Å². The minimum absolute atomic E-state index is 0.332. The second kappa shape index (κ2) is 5.11. The molecule has 1 aromatic rings. The molecule has 3 heterocycles. The molecule has 1 aliphatic carbocycles. The number of rotatable bonds is 4. The molecule has 3 fully saturated rings. The van der Waals surface area contributed by atoms with Crippen molar-refractivity contribution in [3.8, 4) is 0 Å². The van der Waals surface area contributed by atoms with Gasteiger partial charge in [0.1, 0.15) is 0 Å². The van der Waals surface area contributed by atoms with Crippen LogP contribution in [0.15, 0.2) is 4.52 Å². The minimum atomic E-state index is 0.332. The average Bonchev–Trinajstić information content (AvgIpc) is 3.22. The van der Waals surface area contributed by atoms with Crippen molar-refractivity contribution in [1.29, 1.82) is 0 Å². The van der Waals surface area contributed by atoms with Crippen LogP contribution < -0.4 is 5.32 Å². The van der Waals surface area contributed by atoms with Gasteiger partial charge in [0.15, 0.2) is 5.82 Å². The predicted octanol–water partition coefficient (Wildman–Crippen LogP) is 2.35. The van der Waals surface area contributed by atoms with Crippen molar-refractivity contribution < 1.29 is 9.26 Å². The van der Waals surface area contributed by atoms with Crippen molar-refractivity contribution in [1.82, 2.24) is 15.5 Å². The maximum absolute atomic E-state index is 5.90. The largest absolute Gasteiger partial charge is 0.374 e. The van der Waals surface area contributed by atoms with Gasteiger partial charge in [-0.25, -0.2) is 0 Å². The second-order valence-corrected chi connectivity index (χ2v) is 6.41. The van der Waals surface area contributed by atoms with E-state index in [1.807, 2.05) is 0 Å². The molecule has 1 aromatic heterocycles. The zero-order valence-electron chi connectivity index (χ0n) is 12.0. The zero-order valence-corrected chi connectivity index (χ0v) is 12.0. The molecule has 1 saturated carbocycles. The van der Waals surface area contributed by atoms with E-state index in [9.17, 15) is 0 Å². The lowest BCUT2D eigenvalue weighted by Crippen LogP contribution is -2.31. The quantitative estimate of drug-likeness (QED) is 0.915. The minimum Gasteiger partial charge on any atom is -0.374 e. The lowest BCUT2D eigenvalue weighted by Gasteiger charge is -2.16. The van der Waals surface area contributed by atoms with Gasteiger partial charge in [0.05, 0.1) is 24.0 Å². The van der Waals surface area contributed by atoms with E-state index in [-0.39, 0.29) is 0 Å². The molecule has 110 valence electrons. The molecule has 3 aliphatic rings. The normalized spacial score (nSPS) is 39.8. The van der Waals surface area contributed by atoms with Crippen molar-refractivity contribution in [2.75, 3.05) is 6.54 Å². The molecule has 4 rings (SSSR count). The van der Waals surface area contributed by atoms with E-state index in [0.29, 0.717) is 30.1 Å². The number of nitrogens with one attached hydrogen (secondary N) is 1. The van der Waals surface area contributed by atoms with Crippen LogP contribution in [-0.4, -0.2) is 34.9 Å². The molecule has 0 amide bonds. The first-order valence-electron chi connectivity index (χ1n) is 8.07. The second-order valence-electron chi connectivity index (χ2n) is 6.41. The van der Waals surface area contributed by atoms with Crippen LogP contribution >= 0.6 is 0 Å². The monoisotopic (exact) mass is 277 g/mol. The Hall–Kier alpha value is -0.940. The van der Waals surface area contributed by atoms with E-state index in [1.165, 1.54) is 19.3 Å². The summed E-state index contributed by atoms with van der Waals surface area (Å²) < 4.78 is 11.5. The maximum Gasteiger partial charge on any atom is 0.231 e. The van der Waals surface area contributed by atoms with Gasteiger partial charge < -0.3 is 14.6 Å². The SMILES string of the molecule is CCNC1CCCC1c1nc(C2CC3CCC2O3)no1. The Morgan fingerprint density at radius 2 is 2.15 bits per heavy atom. The van der Waals surface area contributed by atoms with Crippen molar-refractivity contribution >= 4 is 0 Å². The molecule has 2 aliphatic heterocycles. The van der Waals surface area contributed by atoms with Gasteiger partial charge in [-0.2, -0.15) is 4.98 Å². The Kier molecular flexibility index (Phi) is 3.27. The lowest BCUT2D eigenvalue weighted by molar-refractivity contribution is 0.0996. The van der Waals surface area contributed by atoms with E-state index in [4.69, 9.17) is 14.2 Å². The first-order valence-corrected chi connectivity index (χ1v) is 8.07. The van der Waals surface area contributed by atoms with Gasteiger partial charge in [0, 0.05) is 6.04 Å². The molecule has 0 aromatic carbocycles. The van der Waals surface area contributed by atoms with Gasteiger partial charge in [0.25, 0.3) is 0 Å². The molecule has 0 radical (unpaired) electrons. The Morgan fingerprint density at radius 3 is 2.90 bits per heavy atom. The van der Waals surface area contributed by atoms with Crippen LogP contribution in [-0.2, 0) is 4.74 Å². The molecule has 2 bridgehead atoms. The van der Waals surface area contributed by atoms with Gasteiger partial charge in [-0.05, 0) is 38.6 Å². The van der Waals surface area contributed by atoms with Gasteiger partial charge in [-0.1, -0.05) is 18.5 Å². The highest BCUT2D eigenvalue weighted by atomic mass is 16.5. The fourth-order valence-electron chi connectivity index (χ4n) is 4.22. The van der Waals surface area contributed by atoms with Gasteiger partial charge >= 0.3 is 0 Å². The summed E-state index contributed by atoms with van der Waals surface area (Å²) in [6.07, 6.45) is 7.83. The third kappa shape index (κ3) is 2.07. The van der Waals surface area contributed by atoms with E-state index in [2.05, 4.69) is 17.4 Å². The zero-order chi connectivity index (χ0) is 13.5. The molecular weight excluding hydrogens is 254 g/mol. The van der Waals surface area contributed by atoms with Gasteiger partial charge in [-0.15, -0.1) is 0 Å². The van der Waals surface area contributed by atoms with E-state index >= 15 is 0 Å². The molecule has 5 nitrogen and oxygen atoms in total. The summed E-state index contributed by atoms with van der Waals surface area (Å²) in [5, 5.41) is 7.81. The van der Waals surface area contributed by atoms with Crippen LogP contribution in [0, 0.1) is 0 Å². The van der Waals surface area contributed by atoms with Crippen LogP contribution in [0.4, 0.5) is 0 Å². The van der Waals surface area contributed by atoms with Crippen molar-refractivity contribution in [2.45, 2.75) is 75.5 Å². The smallest absolute Gasteiger partial charge is 0.231 e. The first kappa shape index (κ1) is 12.8. The van der Waals surface area contributed by atoms with E-state index in [0.717, 1.165) is 37.5 Å². The molecule has 5 atom stereocenters. The molecule has 20 heavy (non-hydrogen) atoms. The van der Waals surface area contributed by atoms with Crippen LogP contribution in [0.1, 0.15) is 69.0 Å².